The van der Waals surface area contributed by atoms with Crippen molar-refractivity contribution in [2.24, 2.45) is 0 Å². The van der Waals surface area contributed by atoms with Gasteiger partial charge in [-0.1, -0.05) is 0 Å². The highest BCUT2D eigenvalue weighted by molar-refractivity contribution is 5.63. The number of aryl methyl sites for hydroxylation is 1. The molecule has 1 heterocycles. The van der Waals surface area contributed by atoms with Gasteiger partial charge in [0.05, 0.1) is 11.1 Å². The number of hydrogen-bond donors (Lipinski definition) is 1. The van der Waals surface area contributed by atoms with Crippen LogP contribution in [0.5, 0.6) is 0 Å². The molecule has 0 atom stereocenters. The van der Waals surface area contributed by atoms with E-state index >= 15 is 0 Å². The molecule has 0 aliphatic rings. The van der Waals surface area contributed by atoms with Crippen LogP contribution in [0.2, 0.25) is 0 Å². The average molecular weight is 295 g/mol. The van der Waals surface area contributed by atoms with Crippen LogP contribution in [0.15, 0.2) is 30.3 Å². The van der Waals surface area contributed by atoms with Crippen LogP contribution in [-0.4, -0.2) is 4.98 Å². The molecule has 0 aliphatic heterocycles. The van der Waals surface area contributed by atoms with E-state index in [1.807, 2.05) is 6.07 Å². The number of hydrogen-bond acceptors (Lipinski definition) is 3. The Hall–Kier alpha value is -2.62. The molecule has 0 bridgehead atoms. The summed E-state index contributed by atoms with van der Waals surface area (Å²) in [5, 5.41) is 11.5. The van der Waals surface area contributed by atoms with Gasteiger partial charge < -0.3 is 5.32 Å². The maximum Gasteiger partial charge on any atom is 0.419 e. The van der Waals surface area contributed by atoms with E-state index in [4.69, 9.17) is 5.26 Å². The fourth-order valence-corrected chi connectivity index (χ4v) is 1.70. The highest BCUT2D eigenvalue weighted by Gasteiger charge is 2.34. The molecule has 2 aromatic rings. The molecule has 0 fully saturated rings. The van der Waals surface area contributed by atoms with E-state index in [0.717, 1.165) is 6.07 Å². The van der Waals surface area contributed by atoms with Gasteiger partial charge in [-0.05, 0) is 37.3 Å². The van der Waals surface area contributed by atoms with E-state index in [1.54, 1.807) is 13.0 Å². The number of aromatic nitrogens is 1. The molecule has 0 radical (unpaired) electrons. The lowest BCUT2D eigenvalue weighted by molar-refractivity contribution is -0.139. The monoisotopic (exact) mass is 295 g/mol. The van der Waals surface area contributed by atoms with Gasteiger partial charge in [-0.2, -0.15) is 18.4 Å². The first kappa shape index (κ1) is 14.8. The molecule has 7 heteroatoms. The quantitative estimate of drug-likeness (QED) is 0.846. The molecular formula is C14H9F4N3. The Kier molecular flexibility index (Phi) is 3.80. The Labute approximate surface area is 117 Å². The molecule has 0 spiro atoms. The Morgan fingerprint density at radius 3 is 2.52 bits per heavy atom. The Morgan fingerprint density at radius 1 is 1.19 bits per heavy atom. The highest BCUT2D eigenvalue weighted by Crippen LogP contribution is 2.33. The molecule has 108 valence electrons. The van der Waals surface area contributed by atoms with Gasteiger partial charge in [-0.25, -0.2) is 9.37 Å². The van der Waals surface area contributed by atoms with Gasteiger partial charge >= 0.3 is 6.18 Å². The SMILES string of the molecule is Cc1ccc(C#N)c(Nc2ccc(F)c(C(F)(F)F)c2)n1. The van der Waals surface area contributed by atoms with Gasteiger partial charge in [0, 0.05) is 11.4 Å². The van der Waals surface area contributed by atoms with Crippen molar-refractivity contribution >= 4 is 11.5 Å². The van der Waals surface area contributed by atoms with Crippen molar-refractivity contribution < 1.29 is 17.6 Å². The summed E-state index contributed by atoms with van der Waals surface area (Å²) < 4.78 is 51.1. The van der Waals surface area contributed by atoms with E-state index < -0.39 is 17.6 Å². The number of nitriles is 1. The summed E-state index contributed by atoms with van der Waals surface area (Å²) in [7, 11) is 0. The average Bonchev–Trinajstić information content (AvgIpc) is 2.40. The minimum absolute atomic E-state index is 0.00155. The van der Waals surface area contributed by atoms with Crippen LogP contribution in [0.25, 0.3) is 0 Å². The van der Waals surface area contributed by atoms with E-state index in [1.165, 1.54) is 6.07 Å². The topological polar surface area (TPSA) is 48.7 Å². The molecule has 2 rings (SSSR count). The highest BCUT2D eigenvalue weighted by atomic mass is 19.4. The molecule has 1 aromatic carbocycles. The van der Waals surface area contributed by atoms with Crippen LogP contribution in [0, 0.1) is 24.1 Å². The summed E-state index contributed by atoms with van der Waals surface area (Å²) in [6, 6.07) is 7.49. The van der Waals surface area contributed by atoms with Crippen molar-refractivity contribution in [2.45, 2.75) is 13.1 Å². The predicted octanol–water partition coefficient (Wildman–Crippen LogP) is 4.16. The summed E-state index contributed by atoms with van der Waals surface area (Å²) in [6.07, 6.45) is -4.79. The number of rotatable bonds is 2. The summed E-state index contributed by atoms with van der Waals surface area (Å²) in [5.41, 5.74) is -0.606. The van der Waals surface area contributed by atoms with Crippen LogP contribution in [-0.2, 0) is 6.18 Å². The molecule has 1 aromatic heterocycles. The zero-order valence-electron chi connectivity index (χ0n) is 10.8. The van der Waals surface area contributed by atoms with Crippen molar-refractivity contribution in [1.29, 1.82) is 5.26 Å². The van der Waals surface area contributed by atoms with Crippen molar-refractivity contribution in [3.63, 3.8) is 0 Å². The number of halogens is 4. The first-order valence-electron chi connectivity index (χ1n) is 5.83. The Balaban J connectivity index is 2.42. The van der Waals surface area contributed by atoms with Crippen molar-refractivity contribution in [3.8, 4) is 6.07 Å². The standard InChI is InChI=1S/C14H9F4N3/c1-8-2-3-9(7-19)13(20-8)21-10-4-5-12(15)11(6-10)14(16,17)18/h2-6H,1H3,(H,20,21). The summed E-state index contributed by atoms with van der Waals surface area (Å²) >= 11 is 0. The molecule has 0 aliphatic carbocycles. The van der Waals surface area contributed by atoms with Gasteiger partial charge in [-0.3, -0.25) is 0 Å². The van der Waals surface area contributed by atoms with Crippen molar-refractivity contribution in [2.75, 3.05) is 5.32 Å². The predicted molar refractivity (Wildman–Crippen MR) is 68.4 cm³/mol. The largest absolute Gasteiger partial charge is 0.419 e. The molecule has 0 saturated carbocycles. The lowest BCUT2D eigenvalue weighted by Gasteiger charge is -2.12. The van der Waals surface area contributed by atoms with E-state index in [0.29, 0.717) is 17.8 Å². The first-order chi connectivity index (χ1) is 9.81. The third-order valence-electron chi connectivity index (χ3n) is 2.69. The molecule has 0 amide bonds. The van der Waals surface area contributed by atoms with Crippen LogP contribution < -0.4 is 5.32 Å². The third-order valence-corrected chi connectivity index (χ3v) is 2.69. The normalized spacial score (nSPS) is 11.0. The zero-order chi connectivity index (χ0) is 15.6. The van der Waals surface area contributed by atoms with Gasteiger partial charge in [0.25, 0.3) is 0 Å². The third kappa shape index (κ3) is 3.28. The smallest absolute Gasteiger partial charge is 0.339 e. The number of benzene rings is 1. The van der Waals surface area contributed by atoms with Crippen LogP contribution in [0.1, 0.15) is 16.8 Å². The fraction of sp³-hybridized carbons (Fsp3) is 0.143. The molecule has 21 heavy (non-hydrogen) atoms. The second-order valence-corrected chi connectivity index (χ2v) is 4.28. The van der Waals surface area contributed by atoms with Gasteiger partial charge in [0.1, 0.15) is 17.7 Å². The fourth-order valence-electron chi connectivity index (χ4n) is 1.70. The van der Waals surface area contributed by atoms with Gasteiger partial charge in [0.15, 0.2) is 0 Å². The van der Waals surface area contributed by atoms with Crippen molar-refractivity contribution in [3.05, 3.63) is 53.0 Å². The summed E-state index contributed by atoms with van der Waals surface area (Å²) in [6.45, 7) is 1.68. The number of nitrogens with one attached hydrogen (secondary N) is 1. The van der Waals surface area contributed by atoms with Crippen LogP contribution >= 0.6 is 0 Å². The minimum Gasteiger partial charge on any atom is -0.339 e. The molecule has 1 N–H and O–H groups in total. The maximum absolute atomic E-state index is 13.2. The van der Waals surface area contributed by atoms with E-state index in [-0.39, 0.29) is 17.1 Å². The second kappa shape index (κ2) is 5.40. The second-order valence-electron chi connectivity index (χ2n) is 4.28. The summed E-state index contributed by atoms with van der Waals surface area (Å²) in [5.74, 6) is -1.23. The molecule has 3 nitrogen and oxygen atoms in total. The number of alkyl halides is 3. The zero-order valence-corrected chi connectivity index (χ0v) is 10.8. The van der Waals surface area contributed by atoms with Crippen molar-refractivity contribution in [1.82, 2.24) is 4.98 Å². The molecule has 0 unspecified atom stereocenters. The number of pyridine rings is 1. The Bertz CT molecular complexity index is 717. The first-order valence-corrected chi connectivity index (χ1v) is 5.83. The van der Waals surface area contributed by atoms with Gasteiger partial charge in [-0.15, -0.1) is 0 Å². The summed E-state index contributed by atoms with van der Waals surface area (Å²) in [4.78, 5) is 4.04. The number of nitrogens with zero attached hydrogens (tertiary/aromatic N) is 2. The number of anilines is 2. The van der Waals surface area contributed by atoms with Crippen LogP contribution in [0.3, 0.4) is 0 Å². The minimum atomic E-state index is -4.79. The molecule has 0 saturated heterocycles. The van der Waals surface area contributed by atoms with Crippen LogP contribution in [0.4, 0.5) is 29.1 Å². The van der Waals surface area contributed by atoms with Gasteiger partial charge in [0.2, 0.25) is 0 Å². The lowest BCUT2D eigenvalue weighted by atomic mass is 10.1. The van der Waals surface area contributed by atoms with E-state index in [2.05, 4.69) is 10.3 Å². The Morgan fingerprint density at radius 2 is 1.90 bits per heavy atom. The maximum atomic E-state index is 13.2. The molecular weight excluding hydrogens is 286 g/mol. The lowest BCUT2D eigenvalue weighted by Crippen LogP contribution is -2.09. The van der Waals surface area contributed by atoms with E-state index in [9.17, 15) is 17.6 Å².